The van der Waals surface area contributed by atoms with Crippen molar-refractivity contribution in [3.05, 3.63) is 94.6 Å². The molecular weight excluding hydrogens is 360 g/mol. The summed E-state index contributed by atoms with van der Waals surface area (Å²) in [6.45, 7) is 0. The Balaban J connectivity index is 1.82. The smallest absolute Gasteiger partial charge is 0.0970 e. The highest BCUT2D eigenvalue weighted by molar-refractivity contribution is 9.10. The molecule has 1 aliphatic rings. The molecule has 2 heterocycles. The summed E-state index contributed by atoms with van der Waals surface area (Å²) in [5, 5.41) is 1.24. The number of nitrogens with zero attached hydrogens (tertiary/aromatic N) is 2. The topological polar surface area (TPSA) is 17.3 Å². The molecule has 2 nitrogen and oxygen atoms in total. The Morgan fingerprint density at radius 3 is 2.42 bits per heavy atom. The zero-order chi connectivity index (χ0) is 16.1. The maximum Gasteiger partial charge on any atom is 0.0970 e. The highest BCUT2D eigenvalue weighted by Gasteiger charge is 2.26. The fraction of sp³-hybridized carbons (Fsp3) is 0. The Bertz CT molecular complexity index is 1100. The van der Waals surface area contributed by atoms with Crippen molar-refractivity contribution in [3.63, 3.8) is 0 Å². The molecule has 0 atom stereocenters. The highest BCUT2D eigenvalue weighted by Crippen LogP contribution is 2.35. The third kappa shape index (κ3) is 1.98. The summed E-state index contributed by atoms with van der Waals surface area (Å²) in [6, 6.07) is 27.3. The van der Waals surface area contributed by atoms with Crippen molar-refractivity contribution in [3.8, 4) is 5.69 Å². The van der Waals surface area contributed by atoms with Gasteiger partial charge in [-0.15, -0.1) is 0 Å². The number of para-hydroxylation sites is 2. The second-order valence-corrected chi connectivity index (χ2v) is 6.79. The monoisotopic (exact) mass is 372 g/mol. The van der Waals surface area contributed by atoms with Crippen LogP contribution in [0, 0.1) is 0 Å². The van der Waals surface area contributed by atoms with E-state index in [4.69, 9.17) is 4.99 Å². The first-order valence-electron chi connectivity index (χ1n) is 7.86. The minimum atomic E-state index is 0.960. The van der Waals surface area contributed by atoms with Gasteiger partial charge in [-0.3, -0.25) is 0 Å². The molecule has 0 bridgehead atoms. The lowest BCUT2D eigenvalue weighted by atomic mass is 10.1. The van der Waals surface area contributed by atoms with Gasteiger partial charge < -0.3 is 4.57 Å². The van der Waals surface area contributed by atoms with Gasteiger partial charge in [-0.1, -0.05) is 52.3 Å². The molecule has 3 aromatic carbocycles. The van der Waals surface area contributed by atoms with Gasteiger partial charge in [0.05, 0.1) is 28.3 Å². The van der Waals surface area contributed by atoms with E-state index >= 15 is 0 Å². The van der Waals surface area contributed by atoms with Crippen LogP contribution in [0.3, 0.4) is 0 Å². The van der Waals surface area contributed by atoms with Crippen LogP contribution in [0.2, 0.25) is 0 Å². The first-order chi connectivity index (χ1) is 11.8. The number of rotatable bonds is 1. The van der Waals surface area contributed by atoms with Gasteiger partial charge in [-0.25, -0.2) is 4.99 Å². The van der Waals surface area contributed by atoms with Gasteiger partial charge in [0.2, 0.25) is 0 Å². The molecule has 1 aromatic heterocycles. The normalized spacial score (nSPS) is 14.1. The molecule has 4 aromatic rings. The van der Waals surface area contributed by atoms with Crippen molar-refractivity contribution in [2.24, 2.45) is 4.99 Å². The maximum absolute atomic E-state index is 4.95. The SMILES string of the molecule is Brc1ccc(N=C2c3ccccc3-n3c2cc2ccccc23)cc1. The summed E-state index contributed by atoms with van der Waals surface area (Å²) in [6.07, 6.45) is 0. The summed E-state index contributed by atoms with van der Waals surface area (Å²) in [5.41, 5.74) is 6.75. The van der Waals surface area contributed by atoms with Gasteiger partial charge in [-0.05, 0) is 42.5 Å². The Hall–Kier alpha value is -2.65. The van der Waals surface area contributed by atoms with E-state index in [1.165, 1.54) is 22.2 Å². The highest BCUT2D eigenvalue weighted by atomic mass is 79.9. The average Bonchev–Trinajstić information content (AvgIpc) is 3.13. The number of aromatic nitrogens is 1. The Kier molecular flexibility index (Phi) is 2.97. The van der Waals surface area contributed by atoms with E-state index in [1.54, 1.807) is 0 Å². The second-order valence-electron chi connectivity index (χ2n) is 5.88. The lowest BCUT2D eigenvalue weighted by molar-refractivity contribution is 1.14. The average molecular weight is 373 g/mol. The van der Waals surface area contributed by atoms with Crippen molar-refractivity contribution in [2.45, 2.75) is 0 Å². The predicted octanol–water partition coefficient (Wildman–Crippen LogP) is 5.88. The molecule has 0 radical (unpaired) electrons. The fourth-order valence-electron chi connectivity index (χ4n) is 3.36. The molecule has 0 aliphatic carbocycles. The van der Waals surface area contributed by atoms with Gasteiger partial charge >= 0.3 is 0 Å². The molecule has 0 amide bonds. The number of hydrogen-bond acceptors (Lipinski definition) is 1. The van der Waals surface area contributed by atoms with Gasteiger partial charge in [0.15, 0.2) is 0 Å². The lowest BCUT2D eigenvalue weighted by Gasteiger charge is -2.03. The van der Waals surface area contributed by atoms with E-state index in [9.17, 15) is 0 Å². The maximum atomic E-state index is 4.95. The van der Waals surface area contributed by atoms with E-state index in [1.807, 2.05) is 24.3 Å². The van der Waals surface area contributed by atoms with Crippen LogP contribution in [0.15, 0.2) is 88.3 Å². The van der Waals surface area contributed by atoms with Crippen LogP contribution in [0.25, 0.3) is 16.6 Å². The van der Waals surface area contributed by atoms with E-state index in [-0.39, 0.29) is 0 Å². The molecule has 3 heteroatoms. The number of halogens is 1. The van der Waals surface area contributed by atoms with Crippen LogP contribution in [0.4, 0.5) is 5.69 Å². The lowest BCUT2D eigenvalue weighted by Crippen LogP contribution is -1.97. The number of fused-ring (bicyclic) bond motifs is 5. The molecule has 0 saturated heterocycles. The molecule has 1 aliphatic heterocycles. The van der Waals surface area contributed by atoms with E-state index in [0.717, 1.165) is 21.6 Å². The second kappa shape index (κ2) is 5.18. The van der Waals surface area contributed by atoms with Gasteiger partial charge in [0.1, 0.15) is 0 Å². The van der Waals surface area contributed by atoms with Gasteiger partial charge in [-0.2, -0.15) is 0 Å². The predicted molar refractivity (Wildman–Crippen MR) is 103 cm³/mol. The molecule has 5 rings (SSSR count). The van der Waals surface area contributed by atoms with E-state index in [0.29, 0.717) is 0 Å². The summed E-state index contributed by atoms with van der Waals surface area (Å²) in [4.78, 5) is 4.95. The van der Waals surface area contributed by atoms with Crippen molar-refractivity contribution in [1.29, 1.82) is 0 Å². The standard InChI is InChI=1S/C21H13BrN2/c22-15-9-11-16(12-10-15)23-21-17-6-2-4-8-19(17)24-18-7-3-1-5-14(18)13-20(21)24/h1-13H. The third-order valence-corrected chi connectivity index (χ3v) is 4.95. The molecular formula is C21H13BrN2. The van der Waals surface area contributed by atoms with Crippen molar-refractivity contribution < 1.29 is 0 Å². The number of benzene rings is 3. The van der Waals surface area contributed by atoms with Crippen LogP contribution in [-0.4, -0.2) is 10.3 Å². The Morgan fingerprint density at radius 2 is 1.54 bits per heavy atom. The van der Waals surface area contributed by atoms with Crippen LogP contribution < -0.4 is 0 Å². The molecule has 114 valence electrons. The van der Waals surface area contributed by atoms with Crippen LogP contribution in [-0.2, 0) is 0 Å². The third-order valence-electron chi connectivity index (χ3n) is 4.42. The van der Waals surface area contributed by atoms with Gasteiger partial charge in [0, 0.05) is 15.4 Å². The van der Waals surface area contributed by atoms with Crippen LogP contribution >= 0.6 is 15.9 Å². The van der Waals surface area contributed by atoms with Crippen molar-refractivity contribution >= 4 is 38.2 Å². The van der Waals surface area contributed by atoms with Crippen LogP contribution in [0.5, 0.6) is 0 Å². The minimum Gasteiger partial charge on any atom is -0.307 e. The zero-order valence-electron chi connectivity index (χ0n) is 12.8. The van der Waals surface area contributed by atoms with E-state index < -0.39 is 0 Å². The molecule has 0 unspecified atom stereocenters. The molecule has 0 spiro atoms. The number of hydrogen-bond donors (Lipinski definition) is 0. The first-order valence-corrected chi connectivity index (χ1v) is 8.65. The summed E-state index contributed by atoms with van der Waals surface area (Å²) in [5.74, 6) is 0. The fourth-order valence-corrected chi connectivity index (χ4v) is 3.62. The summed E-state index contributed by atoms with van der Waals surface area (Å²) < 4.78 is 3.37. The zero-order valence-corrected chi connectivity index (χ0v) is 14.4. The van der Waals surface area contributed by atoms with E-state index in [2.05, 4.69) is 75.1 Å². The minimum absolute atomic E-state index is 0.960. The van der Waals surface area contributed by atoms with Crippen molar-refractivity contribution in [2.75, 3.05) is 0 Å². The number of aliphatic imine (C=N–C) groups is 1. The van der Waals surface area contributed by atoms with Crippen LogP contribution in [0.1, 0.15) is 11.3 Å². The summed E-state index contributed by atoms with van der Waals surface area (Å²) in [7, 11) is 0. The first kappa shape index (κ1) is 13.8. The molecule has 0 fully saturated rings. The molecule has 24 heavy (non-hydrogen) atoms. The van der Waals surface area contributed by atoms with Gasteiger partial charge in [0.25, 0.3) is 0 Å². The Labute approximate surface area is 148 Å². The van der Waals surface area contributed by atoms with Crippen molar-refractivity contribution in [1.82, 2.24) is 4.57 Å². The quantitative estimate of drug-likeness (QED) is 0.349. The summed E-state index contributed by atoms with van der Waals surface area (Å²) >= 11 is 3.48. The Morgan fingerprint density at radius 1 is 0.792 bits per heavy atom. The largest absolute Gasteiger partial charge is 0.307 e. The molecule has 0 N–H and O–H groups in total. The molecule has 0 saturated carbocycles.